The van der Waals surface area contributed by atoms with Gasteiger partial charge in [-0.3, -0.25) is 4.79 Å². The summed E-state index contributed by atoms with van der Waals surface area (Å²) in [4.78, 5) is 12.9. The monoisotopic (exact) mass is 371 g/mol. The number of tetrazole rings is 1. The third-order valence-electron chi connectivity index (χ3n) is 3.99. The zero-order chi connectivity index (χ0) is 19.2. The van der Waals surface area contributed by atoms with Crippen molar-refractivity contribution in [3.8, 4) is 11.5 Å². The highest BCUT2D eigenvalue weighted by atomic mass is 19.1. The summed E-state index contributed by atoms with van der Waals surface area (Å²) in [6, 6.07) is 10.9. The number of hydrogen-bond acceptors (Lipinski definition) is 6. The summed E-state index contributed by atoms with van der Waals surface area (Å²) < 4.78 is 24.0. The molecule has 0 aliphatic rings. The number of benzene rings is 2. The summed E-state index contributed by atoms with van der Waals surface area (Å²) in [5.74, 6) is -0.168. The summed E-state index contributed by atoms with van der Waals surface area (Å²) in [5, 5.41) is 16.4. The number of aromatic nitrogens is 4. The summed E-state index contributed by atoms with van der Waals surface area (Å²) in [6.45, 7) is 0. The van der Waals surface area contributed by atoms with Crippen LogP contribution in [0.1, 0.15) is 17.3 Å². The Kier molecular flexibility index (Phi) is 5.60. The molecule has 9 heteroatoms. The number of carbonyl (C=O) groups excluding carboxylic acids is 1. The predicted molar refractivity (Wildman–Crippen MR) is 95.2 cm³/mol. The van der Waals surface area contributed by atoms with E-state index in [1.54, 1.807) is 38.5 Å². The van der Waals surface area contributed by atoms with E-state index >= 15 is 0 Å². The molecule has 1 aromatic heterocycles. The second kappa shape index (κ2) is 8.26. The normalized spacial score (nSPS) is 11.7. The van der Waals surface area contributed by atoms with E-state index in [1.807, 2.05) is 0 Å². The van der Waals surface area contributed by atoms with E-state index in [0.717, 1.165) is 5.56 Å². The SMILES string of the molecule is COc1ccc(OC)c(CC(C(=O)Nc2cccc(F)c2)c2nn[nH]n2)c1. The quantitative estimate of drug-likeness (QED) is 0.661. The fourth-order valence-electron chi connectivity index (χ4n) is 2.68. The number of hydrogen-bond donors (Lipinski definition) is 2. The van der Waals surface area contributed by atoms with Crippen LogP contribution in [-0.4, -0.2) is 40.8 Å². The van der Waals surface area contributed by atoms with Crippen molar-refractivity contribution in [2.75, 3.05) is 19.5 Å². The molecule has 2 aromatic carbocycles. The molecule has 0 spiro atoms. The molecule has 1 atom stereocenters. The first-order chi connectivity index (χ1) is 13.1. The lowest BCUT2D eigenvalue weighted by Crippen LogP contribution is -2.24. The highest BCUT2D eigenvalue weighted by molar-refractivity contribution is 5.95. The molecule has 1 heterocycles. The van der Waals surface area contributed by atoms with E-state index in [9.17, 15) is 9.18 Å². The van der Waals surface area contributed by atoms with Gasteiger partial charge in [0.05, 0.1) is 14.2 Å². The largest absolute Gasteiger partial charge is 0.497 e. The minimum Gasteiger partial charge on any atom is -0.497 e. The van der Waals surface area contributed by atoms with Crippen LogP contribution in [-0.2, 0) is 11.2 Å². The number of H-pyrrole nitrogens is 1. The molecular formula is C18H18FN5O3. The van der Waals surface area contributed by atoms with Crippen molar-refractivity contribution in [3.05, 3.63) is 59.7 Å². The number of methoxy groups -OCH3 is 2. The minimum absolute atomic E-state index is 0.216. The van der Waals surface area contributed by atoms with Crippen LogP contribution in [0.3, 0.4) is 0 Å². The Balaban J connectivity index is 1.90. The second-order valence-electron chi connectivity index (χ2n) is 5.70. The Morgan fingerprint density at radius 1 is 1.22 bits per heavy atom. The zero-order valence-corrected chi connectivity index (χ0v) is 14.8. The number of nitrogens with one attached hydrogen (secondary N) is 2. The summed E-state index contributed by atoms with van der Waals surface area (Å²) in [5.41, 5.74) is 1.08. The molecule has 3 aromatic rings. The van der Waals surface area contributed by atoms with E-state index in [1.165, 1.54) is 18.2 Å². The van der Waals surface area contributed by atoms with E-state index in [0.29, 0.717) is 17.2 Å². The van der Waals surface area contributed by atoms with Crippen molar-refractivity contribution >= 4 is 11.6 Å². The van der Waals surface area contributed by atoms with Gasteiger partial charge >= 0.3 is 0 Å². The minimum atomic E-state index is -0.770. The molecule has 1 unspecified atom stereocenters. The smallest absolute Gasteiger partial charge is 0.235 e. The maximum atomic E-state index is 13.4. The van der Waals surface area contributed by atoms with Crippen molar-refractivity contribution < 1.29 is 18.7 Å². The van der Waals surface area contributed by atoms with Gasteiger partial charge in [0.15, 0.2) is 5.82 Å². The number of rotatable bonds is 7. The number of nitrogens with zero attached hydrogens (tertiary/aromatic N) is 3. The van der Waals surface area contributed by atoms with Gasteiger partial charge in [-0.05, 0) is 48.4 Å². The van der Waals surface area contributed by atoms with Crippen LogP contribution in [0.2, 0.25) is 0 Å². The molecule has 0 aliphatic heterocycles. The van der Waals surface area contributed by atoms with Gasteiger partial charge in [0.25, 0.3) is 0 Å². The molecule has 0 aliphatic carbocycles. The molecule has 0 radical (unpaired) electrons. The fraction of sp³-hybridized carbons (Fsp3) is 0.222. The van der Waals surface area contributed by atoms with E-state index < -0.39 is 17.6 Å². The lowest BCUT2D eigenvalue weighted by atomic mass is 9.96. The molecule has 2 N–H and O–H groups in total. The standard InChI is InChI=1S/C18H18FN5O3/c1-26-14-6-7-16(27-2)11(8-14)9-15(17-21-23-24-22-17)18(25)20-13-5-3-4-12(19)10-13/h3-8,10,15H,9H2,1-2H3,(H,20,25)(H,21,22,23,24). The van der Waals surface area contributed by atoms with Crippen LogP contribution in [0.4, 0.5) is 10.1 Å². The van der Waals surface area contributed by atoms with Crippen molar-refractivity contribution in [2.45, 2.75) is 12.3 Å². The molecule has 0 saturated heterocycles. The van der Waals surface area contributed by atoms with Crippen molar-refractivity contribution in [3.63, 3.8) is 0 Å². The Morgan fingerprint density at radius 3 is 2.74 bits per heavy atom. The first-order valence-corrected chi connectivity index (χ1v) is 8.11. The number of amides is 1. The van der Waals surface area contributed by atoms with Crippen LogP contribution in [0.15, 0.2) is 42.5 Å². The zero-order valence-electron chi connectivity index (χ0n) is 14.8. The Morgan fingerprint density at radius 2 is 2.07 bits per heavy atom. The summed E-state index contributed by atoms with van der Waals surface area (Å²) in [7, 11) is 3.10. The molecule has 27 heavy (non-hydrogen) atoms. The van der Waals surface area contributed by atoms with Gasteiger partial charge < -0.3 is 14.8 Å². The number of halogens is 1. The highest BCUT2D eigenvalue weighted by Crippen LogP contribution is 2.29. The number of ether oxygens (including phenoxy) is 2. The molecule has 3 rings (SSSR count). The first-order valence-electron chi connectivity index (χ1n) is 8.11. The van der Waals surface area contributed by atoms with Crippen LogP contribution < -0.4 is 14.8 Å². The van der Waals surface area contributed by atoms with Gasteiger partial charge in [-0.1, -0.05) is 11.3 Å². The topological polar surface area (TPSA) is 102 Å². The van der Waals surface area contributed by atoms with E-state index in [2.05, 4.69) is 25.9 Å². The average Bonchev–Trinajstić information content (AvgIpc) is 3.20. The average molecular weight is 371 g/mol. The molecular weight excluding hydrogens is 353 g/mol. The Labute approximate surface area is 154 Å². The van der Waals surface area contributed by atoms with Crippen LogP contribution in [0.5, 0.6) is 11.5 Å². The maximum absolute atomic E-state index is 13.4. The van der Waals surface area contributed by atoms with Crippen LogP contribution in [0.25, 0.3) is 0 Å². The Hall–Kier alpha value is -3.49. The molecule has 0 fully saturated rings. The first kappa shape index (κ1) is 18.3. The number of aromatic amines is 1. The van der Waals surface area contributed by atoms with Gasteiger partial charge in [0.1, 0.15) is 23.2 Å². The van der Waals surface area contributed by atoms with Crippen LogP contribution >= 0.6 is 0 Å². The van der Waals surface area contributed by atoms with Gasteiger partial charge in [0, 0.05) is 5.69 Å². The third-order valence-corrected chi connectivity index (χ3v) is 3.99. The number of anilines is 1. The van der Waals surface area contributed by atoms with E-state index in [4.69, 9.17) is 9.47 Å². The Bertz CT molecular complexity index is 917. The fourth-order valence-corrected chi connectivity index (χ4v) is 2.68. The molecule has 0 saturated carbocycles. The lowest BCUT2D eigenvalue weighted by Gasteiger charge is -2.16. The molecule has 8 nitrogen and oxygen atoms in total. The van der Waals surface area contributed by atoms with Gasteiger partial charge in [-0.15, -0.1) is 10.2 Å². The van der Waals surface area contributed by atoms with Gasteiger partial charge in [-0.2, -0.15) is 5.21 Å². The summed E-state index contributed by atoms with van der Waals surface area (Å²) >= 11 is 0. The third kappa shape index (κ3) is 4.38. The summed E-state index contributed by atoms with van der Waals surface area (Å²) in [6.07, 6.45) is 0.237. The number of carbonyl (C=O) groups is 1. The lowest BCUT2D eigenvalue weighted by molar-refractivity contribution is -0.117. The van der Waals surface area contributed by atoms with Gasteiger partial charge in [-0.25, -0.2) is 4.39 Å². The van der Waals surface area contributed by atoms with Crippen molar-refractivity contribution in [1.82, 2.24) is 20.6 Å². The van der Waals surface area contributed by atoms with Crippen molar-refractivity contribution in [2.24, 2.45) is 0 Å². The van der Waals surface area contributed by atoms with Crippen LogP contribution in [0, 0.1) is 5.82 Å². The highest BCUT2D eigenvalue weighted by Gasteiger charge is 2.27. The predicted octanol–water partition coefficient (Wildman–Crippen LogP) is 2.32. The van der Waals surface area contributed by atoms with E-state index in [-0.39, 0.29) is 12.2 Å². The van der Waals surface area contributed by atoms with Gasteiger partial charge in [0.2, 0.25) is 5.91 Å². The molecule has 1 amide bonds. The maximum Gasteiger partial charge on any atom is 0.235 e. The molecule has 0 bridgehead atoms. The molecule has 140 valence electrons. The second-order valence-corrected chi connectivity index (χ2v) is 5.70. The van der Waals surface area contributed by atoms with Crippen molar-refractivity contribution in [1.29, 1.82) is 0 Å².